The van der Waals surface area contributed by atoms with Crippen LogP contribution in [0.15, 0.2) is 0 Å². The van der Waals surface area contributed by atoms with E-state index in [1.807, 2.05) is 0 Å². The molecule has 0 aromatic heterocycles. The average Bonchev–Trinajstić information content (AvgIpc) is 2.50. The molecule has 0 aliphatic heterocycles. The zero-order valence-corrected chi connectivity index (χ0v) is 8.98. The minimum Gasteiger partial charge on any atom is -0.299 e. The third-order valence-corrected chi connectivity index (χ3v) is 3.80. The van der Waals surface area contributed by atoms with Gasteiger partial charge in [-0.2, -0.15) is 0 Å². The molecule has 0 N–H and O–H groups in total. The highest BCUT2D eigenvalue weighted by atomic mass is 19.3. The lowest BCUT2D eigenvalue weighted by Gasteiger charge is -2.23. The number of hydrogen-bond acceptors (Lipinski definition) is 1. The van der Waals surface area contributed by atoms with E-state index in [1.54, 1.807) is 0 Å². The minimum atomic E-state index is -2.46. The van der Waals surface area contributed by atoms with Gasteiger partial charge < -0.3 is 0 Å². The number of alkyl halides is 2. The highest BCUT2D eigenvalue weighted by molar-refractivity contribution is 5.81. The molecular formula is C12H18F2O. The van der Waals surface area contributed by atoms with Crippen LogP contribution in [0.2, 0.25) is 0 Å². The van der Waals surface area contributed by atoms with Gasteiger partial charge in [0.2, 0.25) is 5.92 Å². The van der Waals surface area contributed by atoms with E-state index in [9.17, 15) is 13.6 Å². The lowest BCUT2D eigenvalue weighted by Crippen LogP contribution is -2.21. The molecule has 15 heavy (non-hydrogen) atoms. The molecule has 2 aliphatic carbocycles. The van der Waals surface area contributed by atoms with Gasteiger partial charge in [-0.25, -0.2) is 8.78 Å². The summed E-state index contributed by atoms with van der Waals surface area (Å²) in [6.45, 7) is 0. The van der Waals surface area contributed by atoms with E-state index in [0.717, 1.165) is 19.3 Å². The second-order valence-corrected chi connectivity index (χ2v) is 5.11. The zero-order valence-electron chi connectivity index (χ0n) is 8.98. The molecule has 2 fully saturated rings. The van der Waals surface area contributed by atoms with Crippen molar-refractivity contribution in [3.63, 3.8) is 0 Å². The lowest BCUT2D eigenvalue weighted by molar-refractivity contribution is -0.125. The topological polar surface area (TPSA) is 17.1 Å². The standard InChI is InChI=1S/C12H18F2O/c13-12(14)6-5-9(8-12)7-10-3-1-2-4-11(10)15/h9-10H,1-8H2. The van der Waals surface area contributed by atoms with Crippen molar-refractivity contribution in [1.29, 1.82) is 0 Å². The van der Waals surface area contributed by atoms with E-state index in [2.05, 4.69) is 0 Å². The molecule has 2 rings (SSSR count). The molecule has 0 saturated heterocycles. The lowest BCUT2D eigenvalue weighted by atomic mass is 9.81. The number of halogens is 2. The first-order chi connectivity index (χ1) is 7.07. The molecule has 3 heteroatoms. The van der Waals surface area contributed by atoms with Gasteiger partial charge in [0.25, 0.3) is 0 Å². The zero-order chi connectivity index (χ0) is 10.9. The van der Waals surface area contributed by atoms with Crippen molar-refractivity contribution in [3.05, 3.63) is 0 Å². The largest absolute Gasteiger partial charge is 0.299 e. The van der Waals surface area contributed by atoms with Crippen molar-refractivity contribution in [1.82, 2.24) is 0 Å². The van der Waals surface area contributed by atoms with Gasteiger partial charge in [0.1, 0.15) is 5.78 Å². The van der Waals surface area contributed by atoms with Crippen LogP contribution in [0.5, 0.6) is 0 Å². The number of carbonyl (C=O) groups is 1. The molecular weight excluding hydrogens is 198 g/mol. The highest BCUT2D eigenvalue weighted by Crippen LogP contribution is 2.42. The summed E-state index contributed by atoms with van der Waals surface area (Å²) in [7, 11) is 0. The van der Waals surface area contributed by atoms with Gasteiger partial charge in [-0.05, 0) is 31.6 Å². The third kappa shape index (κ3) is 2.76. The number of carbonyl (C=O) groups excluding carboxylic acids is 1. The summed E-state index contributed by atoms with van der Waals surface area (Å²) < 4.78 is 25.9. The maximum Gasteiger partial charge on any atom is 0.248 e. The first-order valence-electron chi connectivity index (χ1n) is 5.97. The van der Waals surface area contributed by atoms with Gasteiger partial charge in [-0.15, -0.1) is 0 Å². The minimum absolute atomic E-state index is 0.0107. The SMILES string of the molecule is O=C1CCCCC1CC1CCC(F)(F)C1. The van der Waals surface area contributed by atoms with Gasteiger partial charge in [-0.3, -0.25) is 4.79 Å². The van der Waals surface area contributed by atoms with Gasteiger partial charge >= 0.3 is 0 Å². The van der Waals surface area contributed by atoms with Crippen LogP contribution >= 0.6 is 0 Å². The van der Waals surface area contributed by atoms with E-state index in [-0.39, 0.29) is 24.7 Å². The van der Waals surface area contributed by atoms with Crippen LogP contribution in [0.25, 0.3) is 0 Å². The van der Waals surface area contributed by atoms with Gasteiger partial charge in [0, 0.05) is 25.2 Å². The Kier molecular flexibility index (Phi) is 3.08. The van der Waals surface area contributed by atoms with E-state index in [4.69, 9.17) is 0 Å². The fourth-order valence-electron chi connectivity index (χ4n) is 2.95. The predicted molar refractivity (Wildman–Crippen MR) is 53.9 cm³/mol. The third-order valence-electron chi connectivity index (χ3n) is 3.80. The van der Waals surface area contributed by atoms with Gasteiger partial charge in [0.15, 0.2) is 0 Å². The molecule has 0 aromatic rings. The molecule has 0 spiro atoms. The van der Waals surface area contributed by atoms with Crippen LogP contribution in [0, 0.1) is 11.8 Å². The van der Waals surface area contributed by atoms with Crippen molar-refractivity contribution in [2.45, 2.75) is 57.3 Å². The second kappa shape index (κ2) is 4.18. The fourth-order valence-corrected chi connectivity index (χ4v) is 2.95. The second-order valence-electron chi connectivity index (χ2n) is 5.11. The summed E-state index contributed by atoms with van der Waals surface area (Å²) in [6.07, 6.45) is 5.06. The molecule has 0 amide bonds. The molecule has 2 atom stereocenters. The molecule has 2 aliphatic rings. The van der Waals surface area contributed by atoms with Crippen LogP contribution in [0.4, 0.5) is 8.78 Å². The fraction of sp³-hybridized carbons (Fsp3) is 0.917. The first kappa shape index (κ1) is 11.0. The Hall–Kier alpha value is -0.470. The Labute approximate surface area is 89.2 Å². The van der Waals surface area contributed by atoms with E-state index in [1.165, 1.54) is 0 Å². The summed E-state index contributed by atoms with van der Waals surface area (Å²) in [5.41, 5.74) is 0. The Morgan fingerprint density at radius 3 is 2.67 bits per heavy atom. The Bertz CT molecular complexity index is 250. The van der Waals surface area contributed by atoms with Crippen LogP contribution in [0.1, 0.15) is 51.4 Å². The molecule has 1 nitrogen and oxygen atoms in total. The maximum atomic E-state index is 13.0. The summed E-state index contributed by atoms with van der Waals surface area (Å²) >= 11 is 0. The summed E-state index contributed by atoms with van der Waals surface area (Å²) in [5, 5.41) is 0. The van der Waals surface area contributed by atoms with Crippen LogP contribution in [0.3, 0.4) is 0 Å². The number of ketones is 1. The quantitative estimate of drug-likeness (QED) is 0.689. The Morgan fingerprint density at radius 2 is 2.07 bits per heavy atom. The summed E-state index contributed by atoms with van der Waals surface area (Å²) in [5.74, 6) is -1.95. The molecule has 2 unspecified atom stereocenters. The highest BCUT2D eigenvalue weighted by Gasteiger charge is 2.40. The number of rotatable bonds is 2. The monoisotopic (exact) mass is 216 g/mol. The first-order valence-corrected chi connectivity index (χ1v) is 5.97. The van der Waals surface area contributed by atoms with Crippen LogP contribution in [-0.4, -0.2) is 11.7 Å². The van der Waals surface area contributed by atoms with Crippen LogP contribution in [-0.2, 0) is 4.79 Å². The smallest absolute Gasteiger partial charge is 0.248 e. The van der Waals surface area contributed by atoms with Crippen molar-refractivity contribution < 1.29 is 13.6 Å². The molecule has 0 heterocycles. The summed E-state index contributed by atoms with van der Waals surface area (Å²) in [6, 6.07) is 0. The van der Waals surface area contributed by atoms with E-state index in [0.29, 0.717) is 25.0 Å². The number of Topliss-reactive ketones (excluding diaryl/α,β-unsaturated/α-hetero) is 1. The molecule has 86 valence electrons. The maximum absolute atomic E-state index is 13.0. The molecule has 0 bridgehead atoms. The Morgan fingerprint density at radius 1 is 1.27 bits per heavy atom. The Balaban J connectivity index is 1.84. The van der Waals surface area contributed by atoms with E-state index >= 15 is 0 Å². The normalized spacial score (nSPS) is 35.7. The van der Waals surface area contributed by atoms with Gasteiger partial charge in [-0.1, -0.05) is 6.42 Å². The van der Waals surface area contributed by atoms with Crippen molar-refractivity contribution in [2.75, 3.05) is 0 Å². The summed E-state index contributed by atoms with van der Waals surface area (Å²) in [4.78, 5) is 11.6. The predicted octanol–water partition coefficient (Wildman–Crippen LogP) is 3.57. The molecule has 0 aromatic carbocycles. The number of hydrogen-bond donors (Lipinski definition) is 0. The average molecular weight is 216 g/mol. The van der Waals surface area contributed by atoms with Crippen molar-refractivity contribution in [2.24, 2.45) is 11.8 Å². The van der Waals surface area contributed by atoms with Crippen LogP contribution < -0.4 is 0 Å². The molecule has 0 radical (unpaired) electrons. The van der Waals surface area contributed by atoms with Gasteiger partial charge in [0.05, 0.1) is 0 Å². The van der Waals surface area contributed by atoms with Crippen molar-refractivity contribution >= 4 is 5.78 Å². The molecule has 2 saturated carbocycles. The van der Waals surface area contributed by atoms with E-state index < -0.39 is 5.92 Å². The van der Waals surface area contributed by atoms with Crippen molar-refractivity contribution in [3.8, 4) is 0 Å².